The monoisotopic (exact) mass is 296 g/mol. The Hall–Kier alpha value is -3.00. The van der Waals surface area contributed by atoms with E-state index in [-0.39, 0.29) is 5.91 Å². The lowest BCUT2D eigenvalue weighted by Crippen LogP contribution is -2.30. The van der Waals surface area contributed by atoms with Gasteiger partial charge in [0.25, 0.3) is 5.91 Å². The van der Waals surface area contributed by atoms with Gasteiger partial charge in [0.05, 0.1) is 18.7 Å². The van der Waals surface area contributed by atoms with Crippen LogP contribution in [0.25, 0.3) is 0 Å². The number of benzene rings is 2. The number of methoxy groups -OCH3 is 1. The minimum absolute atomic E-state index is 0.282. The third kappa shape index (κ3) is 4.00. The van der Waals surface area contributed by atoms with Crippen LogP contribution in [-0.2, 0) is 4.79 Å². The zero-order valence-electron chi connectivity index (χ0n) is 12.4. The van der Waals surface area contributed by atoms with Crippen molar-refractivity contribution in [1.82, 2.24) is 0 Å². The summed E-state index contributed by atoms with van der Waals surface area (Å²) in [5.41, 5.74) is 1.11. The highest BCUT2D eigenvalue weighted by atomic mass is 16.5. The Morgan fingerprint density at radius 1 is 1.18 bits per heavy atom. The highest BCUT2D eigenvalue weighted by Crippen LogP contribution is 2.18. The zero-order valence-corrected chi connectivity index (χ0v) is 12.4. The summed E-state index contributed by atoms with van der Waals surface area (Å²) in [5, 5.41) is 11.6. The SMILES string of the molecule is COc1cccc(NC(=O)[C@@H](C)Oc2cccc(C#N)c2)c1. The van der Waals surface area contributed by atoms with E-state index >= 15 is 0 Å². The average Bonchev–Trinajstić information content (AvgIpc) is 2.55. The standard InChI is InChI=1S/C17H16N2O3/c1-12(22-16-8-3-5-13(9-16)11-18)17(20)19-14-6-4-7-15(10-14)21-2/h3-10,12H,1-2H3,(H,19,20)/t12-/m1/s1. The van der Waals surface area contributed by atoms with Crippen molar-refractivity contribution in [2.24, 2.45) is 0 Å². The van der Waals surface area contributed by atoms with Gasteiger partial charge >= 0.3 is 0 Å². The molecule has 0 fully saturated rings. The lowest BCUT2D eigenvalue weighted by atomic mass is 10.2. The van der Waals surface area contributed by atoms with Crippen molar-refractivity contribution in [2.45, 2.75) is 13.0 Å². The van der Waals surface area contributed by atoms with Crippen LogP contribution in [0.15, 0.2) is 48.5 Å². The van der Waals surface area contributed by atoms with Gasteiger partial charge in [-0.3, -0.25) is 4.79 Å². The van der Waals surface area contributed by atoms with Crippen LogP contribution in [-0.4, -0.2) is 19.1 Å². The minimum Gasteiger partial charge on any atom is -0.497 e. The fraction of sp³-hybridized carbons (Fsp3) is 0.176. The van der Waals surface area contributed by atoms with Gasteiger partial charge < -0.3 is 14.8 Å². The van der Waals surface area contributed by atoms with Gasteiger partial charge in [-0.25, -0.2) is 0 Å². The molecule has 0 aliphatic heterocycles. The molecule has 0 aromatic heterocycles. The first-order chi connectivity index (χ1) is 10.6. The molecule has 0 unspecified atom stereocenters. The first-order valence-corrected chi connectivity index (χ1v) is 6.74. The van der Waals surface area contributed by atoms with Crippen molar-refractivity contribution in [3.63, 3.8) is 0 Å². The summed E-state index contributed by atoms with van der Waals surface area (Å²) in [6.45, 7) is 1.65. The maximum Gasteiger partial charge on any atom is 0.265 e. The molecule has 22 heavy (non-hydrogen) atoms. The van der Waals surface area contributed by atoms with Crippen LogP contribution in [0.3, 0.4) is 0 Å². The fourth-order valence-corrected chi connectivity index (χ4v) is 1.84. The molecule has 0 bridgehead atoms. The zero-order chi connectivity index (χ0) is 15.9. The van der Waals surface area contributed by atoms with Crippen LogP contribution in [0.2, 0.25) is 0 Å². The number of carbonyl (C=O) groups excluding carboxylic acids is 1. The summed E-state index contributed by atoms with van der Waals surface area (Å²) < 4.78 is 10.7. The topological polar surface area (TPSA) is 71.3 Å². The van der Waals surface area contributed by atoms with Gasteiger partial charge in [-0.2, -0.15) is 5.26 Å². The van der Waals surface area contributed by atoms with Gasteiger partial charge in [0, 0.05) is 11.8 Å². The number of ether oxygens (including phenoxy) is 2. The molecule has 112 valence electrons. The van der Waals surface area contributed by atoms with Crippen molar-refractivity contribution >= 4 is 11.6 Å². The highest BCUT2D eigenvalue weighted by molar-refractivity contribution is 5.94. The molecule has 2 aromatic rings. The third-order valence-electron chi connectivity index (χ3n) is 2.98. The molecule has 1 amide bonds. The Labute approximate surface area is 129 Å². The number of hydrogen-bond acceptors (Lipinski definition) is 4. The quantitative estimate of drug-likeness (QED) is 0.920. The van der Waals surface area contributed by atoms with Crippen molar-refractivity contribution in [2.75, 3.05) is 12.4 Å². The van der Waals surface area contributed by atoms with E-state index in [0.717, 1.165) is 0 Å². The van der Waals surface area contributed by atoms with Crippen molar-refractivity contribution in [1.29, 1.82) is 5.26 Å². The number of nitrogens with zero attached hydrogens (tertiary/aromatic N) is 1. The highest BCUT2D eigenvalue weighted by Gasteiger charge is 2.15. The van der Waals surface area contributed by atoms with Gasteiger partial charge in [-0.05, 0) is 37.3 Å². The predicted octanol–water partition coefficient (Wildman–Crippen LogP) is 2.97. The van der Waals surface area contributed by atoms with Crippen LogP contribution in [0, 0.1) is 11.3 Å². The molecule has 0 spiro atoms. The smallest absolute Gasteiger partial charge is 0.265 e. The van der Waals surface area contributed by atoms with Gasteiger partial charge in [0.15, 0.2) is 6.10 Å². The summed E-state index contributed by atoms with van der Waals surface area (Å²) in [5.74, 6) is 0.857. The molecule has 2 rings (SSSR count). The van der Waals surface area contributed by atoms with E-state index in [1.165, 1.54) is 0 Å². The number of hydrogen-bond donors (Lipinski definition) is 1. The first-order valence-electron chi connectivity index (χ1n) is 6.74. The fourth-order valence-electron chi connectivity index (χ4n) is 1.84. The normalized spacial score (nSPS) is 11.1. The third-order valence-corrected chi connectivity index (χ3v) is 2.98. The number of nitriles is 1. The predicted molar refractivity (Wildman–Crippen MR) is 82.9 cm³/mol. The molecule has 2 aromatic carbocycles. The molecule has 0 saturated heterocycles. The molecule has 5 nitrogen and oxygen atoms in total. The largest absolute Gasteiger partial charge is 0.497 e. The number of nitrogens with one attached hydrogen (secondary N) is 1. The van der Waals surface area contributed by atoms with Crippen molar-refractivity contribution < 1.29 is 14.3 Å². The molecular formula is C17H16N2O3. The van der Waals surface area contributed by atoms with Crippen LogP contribution < -0.4 is 14.8 Å². The summed E-state index contributed by atoms with van der Waals surface area (Å²) in [6.07, 6.45) is -0.694. The van der Waals surface area contributed by atoms with E-state index in [1.54, 1.807) is 62.6 Å². The molecule has 0 radical (unpaired) electrons. The van der Waals surface area contributed by atoms with Crippen LogP contribution >= 0.6 is 0 Å². The van der Waals surface area contributed by atoms with Crippen molar-refractivity contribution in [3.8, 4) is 17.6 Å². The molecule has 1 N–H and O–H groups in total. The van der Waals surface area contributed by atoms with E-state index < -0.39 is 6.10 Å². The van der Waals surface area contributed by atoms with Crippen molar-refractivity contribution in [3.05, 3.63) is 54.1 Å². The molecule has 0 saturated carbocycles. The van der Waals surface area contributed by atoms with E-state index in [4.69, 9.17) is 14.7 Å². The van der Waals surface area contributed by atoms with Gasteiger partial charge in [0.1, 0.15) is 11.5 Å². The Bertz CT molecular complexity index is 707. The Kier molecular flexibility index (Phi) is 4.99. The minimum atomic E-state index is -0.694. The van der Waals surface area contributed by atoms with E-state index in [9.17, 15) is 4.79 Å². The maximum absolute atomic E-state index is 12.1. The molecule has 1 atom stereocenters. The second-order valence-corrected chi connectivity index (χ2v) is 4.62. The van der Waals surface area contributed by atoms with E-state index in [0.29, 0.717) is 22.7 Å². The summed E-state index contributed by atoms with van der Waals surface area (Å²) in [4.78, 5) is 12.1. The Balaban J connectivity index is 2.01. The molecule has 0 aliphatic carbocycles. The molecule has 5 heteroatoms. The molecular weight excluding hydrogens is 280 g/mol. The molecule has 0 heterocycles. The Morgan fingerprint density at radius 2 is 1.91 bits per heavy atom. The lowest BCUT2D eigenvalue weighted by Gasteiger charge is -2.15. The lowest BCUT2D eigenvalue weighted by molar-refractivity contribution is -0.122. The van der Waals surface area contributed by atoms with E-state index in [2.05, 4.69) is 5.32 Å². The number of carbonyl (C=O) groups is 1. The van der Waals surface area contributed by atoms with Gasteiger partial charge in [-0.1, -0.05) is 12.1 Å². The van der Waals surface area contributed by atoms with Crippen LogP contribution in [0.4, 0.5) is 5.69 Å². The van der Waals surface area contributed by atoms with Crippen LogP contribution in [0.5, 0.6) is 11.5 Å². The first kappa shape index (κ1) is 15.4. The average molecular weight is 296 g/mol. The second-order valence-electron chi connectivity index (χ2n) is 4.62. The second kappa shape index (κ2) is 7.14. The van der Waals surface area contributed by atoms with Crippen LogP contribution in [0.1, 0.15) is 12.5 Å². The summed E-state index contributed by atoms with van der Waals surface area (Å²) in [7, 11) is 1.56. The molecule has 0 aliphatic rings. The number of amides is 1. The summed E-state index contributed by atoms with van der Waals surface area (Å²) >= 11 is 0. The Morgan fingerprint density at radius 3 is 2.64 bits per heavy atom. The van der Waals surface area contributed by atoms with Gasteiger partial charge in [0.2, 0.25) is 0 Å². The maximum atomic E-state index is 12.1. The van der Waals surface area contributed by atoms with E-state index in [1.807, 2.05) is 6.07 Å². The summed E-state index contributed by atoms with van der Waals surface area (Å²) in [6, 6.07) is 15.8. The number of rotatable bonds is 5. The van der Waals surface area contributed by atoms with Gasteiger partial charge in [-0.15, -0.1) is 0 Å². The number of anilines is 1.